The van der Waals surface area contributed by atoms with E-state index in [0.29, 0.717) is 4.47 Å². The smallest absolute Gasteiger partial charge is 0.264 e. The molecular formula is C11H9BrClN3O2S. The van der Waals surface area contributed by atoms with E-state index in [1.54, 1.807) is 12.1 Å². The maximum Gasteiger partial charge on any atom is 0.264 e. The summed E-state index contributed by atoms with van der Waals surface area (Å²) < 4.78 is 27.3. The number of pyridine rings is 1. The van der Waals surface area contributed by atoms with Crippen LogP contribution in [-0.4, -0.2) is 13.4 Å². The molecule has 0 amide bonds. The summed E-state index contributed by atoms with van der Waals surface area (Å²) >= 11 is 9.03. The molecule has 5 nitrogen and oxygen atoms in total. The Morgan fingerprint density at radius 3 is 2.68 bits per heavy atom. The Bertz CT molecular complexity index is 722. The molecule has 0 fully saturated rings. The highest BCUT2D eigenvalue weighted by Crippen LogP contribution is 2.27. The Balaban J connectivity index is 2.43. The van der Waals surface area contributed by atoms with Crippen molar-refractivity contribution in [3.63, 3.8) is 0 Å². The molecule has 3 N–H and O–H groups in total. The number of benzene rings is 1. The monoisotopic (exact) mass is 361 g/mol. The van der Waals surface area contributed by atoms with Crippen LogP contribution in [0.3, 0.4) is 0 Å². The van der Waals surface area contributed by atoms with Crippen molar-refractivity contribution in [3.8, 4) is 0 Å². The molecule has 2 aromatic rings. The third kappa shape index (κ3) is 3.17. The summed E-state index contributed by atoms with van der Waals surface area (Å²) in [4.78, 5) is 3.83. The van der Waals surface area contributed by atoms with Gasteiger partial charge in [0.1, 0.15) is 4.90 Å². The molecule has 1 heterocycles. The largest absolute Gasteiger partial charge is 0.398 e. The molecule has 100 valence electrons. The van der Waals surface area contributed by atoms with E-state index in [-0.39, 0.29) is 21.4 Å². The molecule has 0 saturated carbocycles. The van der Waals surface area contributed by atoms with Gasteiger partial charge < -0.3 is 5.73 Å². The molecule has 0 atom stereocenters. The number of aromatic nitrogens is 1. The molecule has 0 bridgehead atoms. The highest BCUT2D eigenvalue weighted by molar-refractivity contribution is 9.10. The topological polar surface area (TPSA) is 85.1 Å². The first-order valence-electron chi connectivity index (χ1n) is 5.08. The fourth-order valence-corrected chi connectivity index (χ4v) is 3.15. The summed E-state index contributed by atoms with van der Waals surface area (Å²) in [6.45, 7) is 0. The van der Waals surface area contributed by atoms with Gasteiger partial charge in [0, 0.05) is 10.7 Å². The van der Waals surface area contributed by atoms with Gasteiger partial charge in [0.15, 0.2) is 5.15 Å². The minimum absolute atomic E-state index is 0.00829. The van der Waals surface area contributed by atoms with Crippen molar-refractivity contribution in [1.82, 2.24) is 4.98 Å². The number of hydrogen-bond acceptors (Lipinski definition) is 4. The van der Waals surface area contributed by atoms with E-state index in [1.165, 1.54) is 24.4 Å². The van der Waals surface area contributed by atoms with Gasteiger partial charge in [-0.3, -0.25) is 4.72 Å². The lowest BCUT2D eigenvalue weighted by molar-refractivity contribution is 0.601. The van der Waals surface area contributed by atoms with E-state index in [4.69, 9.17) is 17.3 Å². The quantitative estimate of drug-likeness (QED) is 0.649. The maximum atomic E-state index is 12.2. The summed E-state index contributed by atoms with van der Waals surface area (Å²) in [6, 6.07) is 7.69. The van der Waals surface area contributed by atoms with Crippen LogP contribution in [-0.2, 0) is 10.0 Å². The van der Waals surface area contributed by atoms with Gasteiger partial charge in [-0.1, -0.05) is 23.7 Å². The van der Waals surface area contributed by atoms with Gasteiger partial charge in [0.05, 0.1) is 11.4 Å². The van der Waals surface area contributed by atoms with Crippen LogP contribution in [0.1, 0.15) is 0 Å². The fourth-order valence-electron chi connectivity index (χ4n) is 1.42. The summed E-state index contributed by atoms with van der Waals surface area (Å²) in [5.74, 6) is 0. The number of nitrogen functional groups attached to an aromatic ring is 1. The number of anilines is 2. The van der Waals surface area contributed by atoms with Gasteiger partial charge in [-0.15, -0.1) is 0 Å². The molecule has 0 unspecified atom stereocenters. The molecule has 0 spiro atoms. The number of hydrogen-bond donors (Lipinski definition) is 2. The van der Waals surface area contributed by atoms with Crippen LogP contribution in [0, 0.1) is 0 Å². The van der Waals surface area contributed by atoms with Gasteiger partial charge >= 0.3 is 0 Å². The van der Waals surface area contributed by atoms with Crippen molar-refractivity contribution in [3.05, 3.63) is 46.2 Å². The van der Waals surface area contributed by atoms with Crippen molar-refractivity contribution in [2.24, 2.45) is 0 Å². The Morgan fingerprint density at radius 2 is 2.00 bits per heavy atom. The minimum Gasteiger partial charge on any atom is -0.398 e. The summed E-state index contributed by atoms with van der Waals surface area (Å²) in [5, 5.41) is 0.0567. The number of para-hydroxylation sites is 1. The van der Waals surface area contributed by atoms with E-state index in [1.807, 2.05) is 0 Å². The Hall–Kier alpha value is -1.31. The second-order valence-corrected chi connectivity index (χ2v) is 6.56. The molecule has 2 rings (SSSR count). The number of nitrogens with two attached hydrogens (primary N) is 1. The van der Waals surface area contributed by atoms with Crippen LogP contribution in [0.4, 0.5) is 11.4 Å². The molecule has 0 aliphatic rings. The predicted molar refractivity (Wildman–Crippen MR) is 78.6 cm³/mol. The zero-order valence-corrected chi connectivity index (χ0v) is 12.6. The van der Waals surface area contributed by atoms with Crippen molar-refractivity contribution >= 4 is 48.9 Å². The second-order valence-electron chi connectivity index (χ2n) is 3.64. The van der Waals surface area contributed by atoms with Gasteiger partial charge in [0.2, 0.25) is 0 Å². The third-order valence-electron chi connectivity index (χ3n) is 2.26. The van der Waals surface area contributed by atoms with E-state index < -0.39 is 10.0 Å². The highest BCUT2D eigenvalue weighted by atomic mass is 79.9. The fraction of sp³-hybridized carbons (Fsp3) is 0. The summed E-state index contributed by atoms with van der Waals surface area (Å²) in [5.41, 5.74) is 5.99. The van der Waals surface area contributed by atoms with Crippen molar-refractivity contribution in [2.75, 3.05) is 10.5 Å². The Kier molecular flexibility index (Phi) is 3.98. The second kappa shape index (κ2) is 5.36. The average Bonchev–Trinajstić information content (AvgIpc) is 2.34. The Labute approximate surface area is 124 Å². The number of nitrogens with zero attached hydrogens (tertiary/aromatic N) is 1. The van der Waals surface area contributed by atoms with E-state index in [9.17, 15) is 8.42 Å². The molecule has 1 aromatic heterocycles. The zero-order valence-electron chi connectivity index (χ0n) is 9.47. The van der Waals surface area contributed by atoms with Crippen LogP contribution in [0.25, 0.3) is 0 Å². The molecule has 0 aliphatic carbocycles. The summed E-state index contributed by atoms with van der Waals surface area (Å²) in [6.07, 6.45) is 1.47. The third-order valence-corrected chi connectivity index (χ3v) is 4.43. The lowest BCUT2D eigenvalue weighted by atomic mass is 10.3. The number of halogens is 2. The SMILES string of the molecule is Nc1ccccc1S(=O)(=O)Nc1cc(Br)cnc1Cl. The Morgan fingerprint density at radius 1 is 1.32 bits per heavy atom. The van der Waals surface area contributed by atoms with Crippen LogP contribution >= 0.6 is 27.5 Å². The first kappa shape index (κ1) is 14.1. The molecule has 8 heteroatoms. The maximum absolute atomic E-state index is 12.2. The molecule has 0 aliphatic heterocycles. The van der Waals surface area contributed by atoms with Crippen LogP contribution in [0.15, 0.2) is 45.9 Å². The summed E-state index contributed by atoms with van der Waals surface area (Å²) in [7, 11) is -3.80. The molecular weight excluding hydrogens is 354 g/mol. The van der Waals surface area contributed by atoms with Gasteiger partial charge in [-0.25, -0.2) is 13.4 Å². The first-order valence-corrected chi connectivity index (χ1v) is 7.74. The van der Waals surface area contributed by atoms with E-state index in [0.717, 1.165) is 0 Å². The highest BCUT2D eigenvalue weighted by Gasteiger charge is 2.18. The standard InChI is InChI=1S/C11H9BrClN3O2S/c12-7-5-9(11(13)15-6-7)16-19(17,18)10-4-2-1-3-8(10)14/h1-6,16H,14H2. The predicted octanol–water partition coefficient (Wildman–Crippen LogP) is 2.88. The molecule has 19 heavy (non-hydrogen) atoms. The number of sulfonamides is 1. The van der Waals surface area contributed by atoms with Crippen molar-refractivity contribution in [1.29, 1.82) is 0 Å². The normalized spacial score (nSPS) is 11.3. The van der Waals surface area contributed by atoms with Crippen molar-refractivity contribution < 1.29 is 8.42 Å². The van der Waals surface area contributed by atoms with Crippen LogP contribution < -0.4 is 10.5 Å². The van der Waals surface area contributed by atoms with Gasteiger partial charge in [0.25, 0.3) is 10.0 Å². The first-order chi connectivity index (χ1) is 8.90. The minimum atomic E-state index is -3.80. The van der Waals surface area contributed by atoms with E-state index >= 15 is 0 Å². The average molecular weight is 363 g/mol. The number of nitrogens with one attached hydrogen (secondary N) is 1. The molecule has 0 radical (unpaired) electrons. The molecule has 0 saturated heterocycles. The zero-order chi connectivity index (χ0) is 14.0. The lowest BCUT2D eigenvalue weighted by Crippen LogP contribution is -2.15. The van der Waals surface area contributed by atoms with Crippen molar-refractivity contribution in [2.45, 2.75) is 4.90 Å². The van der Waals surface area contributed by atoms with Gasteiger partial charge in [-0.2, -0.15) is 0 Å². The van der Waals surface area contributed by atoms with E-state index in [2.05, 4.69) is 25.6 Å². The van der Waals surface area contributed by atoms with Crippen LogP contribution in [0.2, 0.25) is 5.15 Å². The van der Waals surface area contributed by atoms with Crippen LogP contribution in [0.5, 0.6) is 0 Å². The molecule has 1 aromatic carbocycles. The van der Waals surface area contributed by atoms with Gasteiger partial charge in [-0.05, 0) is 34.1 Å². The number of rotatable bonds is 3. The lowest BCUT2D eigenvalue weighted by Gasteiger charge is -2.10.